The molecule has 0 aliphatic heterocycles. The van der Waals surface area contributed by atoms with Gasteiger partial charge < -0.3 is 4.98 Å². The lowest BCUT2D eigenvalue weighted by molar-refractivity contribution is 0.598. The van der Waals surface area contributed by atoms with Crippen molar-refractivity contribution in [2.24, 2.45) is 0 Å². The van der Waals surface area contributed by atoms with Gasteiger partial charge in [0.1, 0.15) is 5.82 Å². The minimum atomic E-state index is -3.69. The zero-order valence-corrected chi connectivity index (χ0v) is 12.1. The van der Waals surface area contributed by atoms with E-state index in [4.69, 9.17) is 11.6 Å². The van der Waals surface area contributed by atoms with Gasteiger partial charge in [0.15, 0.2) is 5.03 Å². The highest BCUT2D eigenvalue weighted by molar-refractivity contribution is 7.92. The van der Waals surface area contributed by atoms with E-state index in [2.05, 4.69) is 14.7 Å². The standard InChI is InChI=1S/C12H14ClN3O2S/c1-3-11-14-7-12(15-11)19(17,18)16-10-5-4-8(2)6-9(10)13/h4-7,16H,3H2,1-2H3,(H,14,15). The first-order valence-corrected chi connectivity index (χ1v) is 7.61. The van der Waals surface area contributed by atoms with Crippen LogP contribution in [0.15, 0.2) is 29.4 Å². The summed E-state index contributed by atoms with van der Waals surface area (Å²) in [4.78, 5) is 6.72. The van der Waals surface area contributed by atoms with Crippen LogP contribution >= 0.6 is 11.6 Å². The van der Waals surface area contributed by atoms with Crippen LogP contribution < -0.4 is 4.72 Å². The number of H-pyrrole nitrogens is 1. The topological polar surface area (TPSA) is 74.8 Å². The van der Waals surface area contributed by atoms with Crippen LogP contribution in [0.5, 0.6) is 0 Å². The fourth-order valence-corrected chi connectivity index (χ4v) is 2.92. The van der Waals surface area contributed by atoms with Crippen molar-refractivity contribution in [1.29, 1.82) is 0 Å². The molecule has 102 valence electrons. The predicted molar refractivity (Wildman–Crippen MR) is 75.0 cm³/mol. The largest absolute Gasteiger partial charge is 0.332 e. The van der Waals surface area contributed by atoms with E-state index in [9.17, 15) is 8.42 Å². The Kier molecular flexibility index (Phi) is 3.82. The number of halogens is 1. The number of sulfonamides is 1. The van der Waals surface area contributed by atoms with Crippen LogP contribution in [-0.2, 0) is 16.4 Å². The highest BCUT2D eigenvalue weighted by Gasteiger charge is 2.18. The summed E-state index contributed by atoms with van der Waals surface area (Å²) in [5, 5.41) is 0.389. The van der Waals surface area contributed by atoms with Gasteiger partial charge in [-0.3, -0.25) is 4.72 Å². The Hall–Kier alpha value is -1.53. The van der Waals surface area contributed by atoms with E-state index in [1.165, 1.54) is 6.20 Å². The molecule has 0 aliphatic rings. The smallest absolute Gasteiger partial charge is 0.279 e. The lowest BCUT2D eigenvalue weighted by Crippen LogP contribution is -2.13. The maximum Gasteiger partial charge on any atom is 0.279 e. The first-order chi connectivity index (χ1) is 8.92. The van der Waals surface area contributed by atoms with Gasteiger partial charge in [0.25, 0.3) is 10.0 Å². The quantitative estimate of drug-likeness (QED) is 0.911. The number of benzene rings is 1. The molecule has 0 unspecified atom stereocenters. The molecule has 0 fully saturated rings. The van der Waals surface area contributed by atoms with E-state index in [1.54, 1.807) is 18.2 Å². The van der Waals surface area contributed by atoms with Crippen LogP contribution in [0.2, 0.25) is 5.02 Å². The Morgan fingerprint density at radius 1 is 1.42 bits per heavy atom. The molecule has 0 spiro atoms. The predicted octanol–water partition coefficient (Wildman–Crippen LogP) is 2.73. The third kappa shape index (κ3) is 3.08. The summed E-state index contributed by atoms with van der Waals surface area (Å²) in [7, 11) is -3.69. The molecule has 0 bridgehead atoms. The molecular weight excluding hydrogens is 286 g/mol. The zero-order chi connectivity index (χ0) is 14.0. The van der Waals surface area contributed by atoms with Crippen molar-refractivity contribution in [3.63, 3.8) is 0 Å². The number of hydrogen-bond acceptors (Lipinski definition) is 3. The third-order valence-electron chi connectivity index (χ3n) is 2.60. The van der Waals surface area contributed by atoms with Gasteiger partial charge in [-0.1, -0.05) is 24.6 Å². The van der Waals surface area contributed by atoms with Crippen molar-refractivity contribution >= 4 is 27.3 Å². The lowest BCUT2D eigenvalue weighted by atomic mass is 10.2. The molecule has 1 aromatic heterocycles. The number of imidazole rings is 1. The Bertz CT molecular complexity index is 695. The molecular formula is C12H14ClN3O2S. The van der Waals surface area contributed by atoms with Crippen molar-refractivity contribution in [2.75, 3.05) is 4.72 Å². The summed E-state index contributed by atoms with van der Waals surface area (Å²) in [6.07, 6.45) is 1.93. The lowest BCUT2D eigenvalue weighted by Gasteiger charge is -2.08. The summed E-state index contributed by atoms with van der Waals surface area (Å²) in [5.74, 6) is 0.621. The molecule has 19 heavy (non-hydrogen) atoms. The Labute approximate surface area is 117 Å². The van der Waals surface area contributed by atoms with Crippen molar-refractivity contribution in [3.05, 3.63) is 40.8 Å². The fourth-order valence-electron chi connectivity index (χ4n) is 1.56. The van der Waals surface area contributed by atoms with Crippen LogP contribution in [0.1, 0.15) is 18.3 Å². The summed E-state index contributed by atoms with van der Waals surface area (Å²) >= 11 is 6.00. The second-order valence-electron chi connectivity index (χ2n) is 4.14. The maximum absolute atomic E-state index is 12.1. The van der Waals surface area contributed by atoms with Crippen molar-refractivity contribution in [3.8, 4) is 0 Å². The van der Waals surface area contributed by atoms with Crippen LogP contribution in [0, 0.1) is 6.92 Å². The summed E-state index contributed by atoms with van der Waals surface area (Å²) in [5.41, 5.74) is 1.31. The number of aromatic nitrogens is 2. The Morgan fingerprint density at radius 2 is 2.16 bits per heavy atom. The van der Waals surface area contributed by atoms with Crippen LogP contribution in [0.25, 0.3) is 0 Å². The zero-order valence-electron chi connectivity index (χ0n) is 10.6. The Balaban J connectivity index is 2.30. The number of aromatic amines is 1. The third-order valence-corrected chi connectivity index (χ3v) is 4.19. The number of hydrogen-bond donors (Lipinski definition) is 2. The van der Waals surface area contributed by atoms with Gasteiger partial charge in [-0.05, 0) is 24.6 Å². The van der Waals surface area contributed by atoms with E-state index in [-0.39, 0.29) is 5.03 Å². The Morgan fingerprint density at radius 3 is 2.74 bits per heavy atom. The normalized spacial score (nSPS) is 11.5. The average Bonchev–Trinajstić information content (AvgIpc) is 2.82. The molecule has 5 nitrogen and oxygen atoms in total. The van der Waals surface area contributed by atoms with Crippen LogP contribution in [0.4, 0.5) is 5.69 Å². The van der Waals surface area contributed by atoms with Gasteiger partial charge in [-0.15, -0.1) is 0 Å². The van der Waals surface area contributed by atoms with E-state index in [1.807, 2.05) is 13.8 Å². The number of nitrogens with one attached hydrogen (secondary N) is 2. The van der Waals surface area contributed by atoms with Crippen molar-refractivity contribution < 1.29 is 8.42 Å². The number of rotatable bonds is 4. The molecule has 0 saturated heterocycles. The molecule has 0 aliphatic carbocycles. The van der Waals surface area contributed by atoms with Crippen molar-refractivity contribution in [2.45, 2.75) is 25.3 Å². The monoisotopic (exact) mass is 299 g/mol. The molecule has 1 heterocycles. The van der Waals surface area contributed by atoms with E-state index >= 15 is 0 Å². The highest BCUT2D eigenvalue weighted by atomic mass is 35.5. The molecule has 0 radical (unpaired) electrons. The maximum atomic E-state index is 12.1. The highest BCUT2D eigenvalue weighted by Crippen LogP contribution is 2.25. The molecule has 1 aromatic carbocycles. The van der Waals surface area contributed by atoms with E-state index in [0.29, 0.717) is 23.0 Å². The first-order valence-electron chi connectivity index (χ1n) is 5.75. The summed E-state index contributed by atoms with van der Waals surface area (Å²) < 4.78 is 26.7. The van der Waals surface area contributed by atoms with Gasteiger partial charge in [-0.2, -0.15) is 8.42 Å². The second kappa shape index (κ2) is 5.22. The molecule has 2 rings (SSSR count). The molecule has 0 atom stereocenters. The summed E-state index contributed by atoms with van der Waals surface area (Å²) in [6, 6.07) is 5.12. The van der Waals surface area contributed by atoms with Crippen LogP contribution in [-0.4, -0.2) is 18.4 Å². The van der Waals surface area contributed by atoms with Gasteiger partial charge in [-0.25, -0.2) is 4.98 Å². The molecule has 0 saturated carbocycles. The van der Waals surface area contributed by atoms with Gasteiger partial charge in [0.2, 0.25) is 0 Å². The fraction of sp³-hybridized carbons (Fsp3) is 0.250. The summed E-state index contributed by atoms with van der Waals surface area (Å²) in [6.45, 7) is 3.77. The van der Waals surface area contributed by atoms with Gasteiger partial charge >= 0.3 is 0 Å². The molecule has 2 N–H and O–H groups in total. The number of nitrogens with zero attached hydrogens (tertiary/aromatic N) is 1. The van der Waals surface area contributed by atoms with Gasteiger partial charge in [0.05, 0.1) is 16.9 Å². The minimum absolute atomic E-state index is 0.0287. The average molecular weight is 300 g/mol. The first kappa shape index (κ1) is 13.9. The number of aryl methyl sites for hydroxylation is 2. The van der Waals surface area contributed by atoms with E-state index in [0.717, 1.165) is 5.56 Å². The molecule has 7 heteroatoms. The van der Waals surface area contributed by atoms with Crippen LogP contribution in [0.3, 0.4) is 0 Å². The molecule has 2 aromatic rings. The van der Waals surface area contributed by atoms with E-state index < -0.39 is 10.0 Å². The molecule has 0 amide bonds. The SMILES string of the molecule is CCc1ncc(S(=O)(=O)Nc2ccc(C)cc2Cl)[nH]1. The second-order valence-corrected chi connectivity index (χ2v) is 6.19. The number of anilines is 1. The van der Waals surface area contributed by atoms with Gasteiger partial charge in [0, 0.05) is 6.42 Å². The van der Waals surface area contributed by atoms with Crippen molar-refractivity contribution in [1.82, 2.24) is 9.97 Å². The minimum Gasteiger partial charge on any atom is -0.332 e.